The van der Waals surface area contributed by atoms with Gasteiger partial charge in [0, 0.05) is 17.3 Å². The lowest BCUT2D eigenvalue weighted by atomic mass is 10.0. The Kier molecular flexibility index (Phi) is 4.61. The Balaban J connectivity index is 1.21. The number of rotatable bonds is 5. The normalized spacial score (nSPS) is 22.1. The van der Waals surface area contributed by atoms with Crippen LogP contribution in [0.5, 0.6) is 11.5 Å². The second-order valence-corrected chi connectivity index (χ2v) is 8.11. The molecule has 1 aromatic heterocycles. The molecule has 2 amide bonds. The molecule has 29 heavy (non-hydrogen) atoms. The van der Waals surface area contributed by atoms with Crippen LogP contribution in [0.15, 0.2) is 48.1 Å². The van der Waals surface area contributed by atoms with E-state index in [9.17, 15) is 9.59 Å². The maximum absolute atomic E-state index is 12.9. The first-order valence-electron chi connectivity index (χ1n) is 9.39. The van der Waals surface area contributed by atoms with Crippen molar-refractivity contribution in [2.24, 2.45) is 0 Å². The molecule has 2 aromatic rings. The SMILES string of the molecule is O=C(CN1C=CN2NC(c3ccc4c(c3)OCO4)CC2C1=O)NCc1cccs1. The standard InChI is InChI=1S/C20H20N4O4S/c25-19(21-10-14-2-1-7-29-14)11-23-5-6-24-16(20(23)26)9-15(22-24)13-3-4-17-18(8-13)28-12-27-17/h1-8,15-16,22H,9-12H2,(H,21,25). The van der Waals surface area contributed by atoms with Crippen LogP contribution in [0.4, 0.5) is 0 Å². The van der Waals surface area contributed by atoms with Crippen molar-refractivity contribution in [1.82, 2.24) is 20.7 Å². The van der Waals surface area contributed by atoms with Gasteiger partial charge in [0.15, 0.2) is 11.5 Å². The number of hydrogen-bond donors (Lipinski definition) is 2. The number of thiophene rings is 1. The first-order valence-corrected chi connectivity index (χ1v) is 10.3. The molecule has 0 spiro atoms. The van der Waals surface area contributed by atoms with Crippen LogP contribution < -0.4 is 20.2 Å². The Bertz CT molecular complexity index is 961. The number of amides is 2. The highest BCUT2D eigenvalue weighted by molar-refractivity contribution is 7.09. The maximum atomic E-state index is 12.9. The first kappa shape index (κ1) is 18.0. The molecule has 0 bridgehead atoms. The third-order valence-electron chi connectivity index (χ3n) is 5.23. The van der Waals surface area contributed by atoms with E-state index in [-0.39, 0.29) is 37.2 Å². The molecule has 4 heterocycles. The van der Waals surface area contributed by atoms with Crippen LogP contribution >= 0.6 is 11.3 Å². The van der Waals surface area contributed by atoms with Gasteiger partial charge in [-0.1, -0.05) is 12.1 Å². The van der Waals surface area contributed by atoms with Gasteiger partial charge < -0.3 is 24.7 Å². The molecule has 2 atom stereocenters. The molecule has 1 aromatic carbocycles. The average Bonchev–Trinajstić information content (AvgIpc) is 3.48. The minimum atomic E-state index is -0.347. The molecule has 9 heteroatoms. The number of hydrazine groups is 1. The van der Waals surface area contributed by atoms with Crippen molar-refractivity contribution in [2.75, 3.05) is 13.3 Å². The summed E-state index contributed by atoms with van der Waals surface area (Å²) in [5.41, 5.74) is 4.38. The van der Waals surface area contributed by atoms with E-state index in [0.29, 0.717) is 13.0 Å². The summed E-state index contributed by atoms with van der Waals surface area (Å²) < 4.78 is 10.8. The van der Waals surface area contributed by atoms with E-state index >= 15 is 0 Å². The minimum Gasteiger partial charge on any atom is -0.454 e. The number of carbonyl (C=O) groups is 2. The summed E-state index contributed by atoms with van der Waals surface area (Å²) in [6.45, 7) is 0.724. The highest BCUT2D eigenvalue weighted by Gasteiger charge is 2.40. The largest absolute Gasteiger partial charge is 0.454 e. The molecule has 1 saturated heterocycles. The van der Waals surface area contributed by atoms with Crippen LogP contribution in [0.25, 0.3) is 0 Å². The van der Waals surface area contributed by atoms with Crippen molar-refractivity contribution < 1.29 is 19.1 Å². The smallest absolute Gasteiger partial charge is 0.251 e. The number of ether oxygens (including phenoxy) is 2. The van der Waals surface area contributed by atoms with Crippen LogP contribution in [-0.4, -0.2) is 41.1 Å². The molecule has 150 valence electrons. The van der Waals surface area contributed by atoms with Crippen LogP contribution in [0.3, 0.4) is 0 Å². The summed E-state index contributed by atoms with van der Waals surface area (Å²) >= 11 is 1.59. The Morgan fingerprint density at radius 2 is 2.14 bits per heavy atom. The molecule has 8 nitrogen and oxygen atoms in total. The van der Waals surface area contributed by atoms with Gasteiger partial charge in [0.1, 0.15) is 12.6 Å². The second kappa shape index (κ2) is 7.41. The predicted molar refractivity (Wildman–Crippen MR) is 106 cm³/mol. The van der Waals surface area contributed by atoms with Crippen molar-refractivity contribution in [3.8, 4) is 11.5 Å². The van der Waals surface area contributed by atoms with Crippen molar-refractivity contribution >= 4 is 23.2 Å². The Hall–Kier alpha value is -3.04. The molecule has 0 radical (unpaired) electrons. The van der Waals surface area contributed by atoms with Gasteiger partial charge in [0.25, 0.3) is 5.91 Å². The number of nitrogens with one attached hydrogen (secondary N) is 2. The summed E-state index contributed by atoms with van der Waals surface area (Å²) in [6.07, 6.45) is 4.07. The van der Waals surface area contributed by atoms with Gasteiger partial charge in [-0.2, -0.15) is 0 Å². The molecule has 0 aliphatic carbocycles. The summed E-state index contributed by atoms with van der Waals surface area (Å²) in [4.78, 5) is 27.7. The fourth-order valence-electron chi connectivity index (χ4n) is 3.72. The minimum absolute atomic E-state index is 0.0136. The monoisotopic (exact) mass is 412 g/mol. The van der Waals surface area contributed by atoms with E-state index in [1.54, 1.807) is 17.5 Å². The highest BCUT2D eigenvalue weighted by Crippen LogP contribution is 2.37. The highest BCUT2D eigenvalue weighted by atomic mass is 32.1. The fourth-order valence-corrected chi connectivity index (χ4v) is 4.37. The quantitative estimate of drug-likeness (QED) is 0.778. The third-order valence-corrected chi connectivity index (χ3v) is 6.10. The molecule has 5 rings (SSSR count). The van der Waals surface area contributed by atoms with Crippen molar-refractivity contribution in [2.45, 2.75) is 25.0 Å². The van der Waals surface area contributed by atoms with Crippen LogP contribution in [0, 0.1) is 0 Å². The van der Waals surface area contributed by atoms with Crippen LogP contribution in [-0.2, 0) is 16.1 Å². The zero-order chi connectivity index (χ0) is 19.8. The number of hydrogen-bond acceptors (Lipinski definition) is 7. The van der Waals surface area contributed by atoms with Crippen LogP contribution in [0.2, 0.25) is 0 Å². The Morgan fingerprint density at radius 3 is 3.00 bits per heavy atom. The molecular formula is C20H20N4O4S. The van der Waals surface area contributed by atoms with Gasteiger partial charge in [-0.3, -0.25) is 9.59 Å². The van der Waals surface area contributed by atoms with Gasteiger partial charge in [0.2, 0.25) is 12.7 Å². The van der Waals surface area contributed by atoms with E-state index < -0.39 is 0 Å². The number of benzene rings is 1. The Morgan fingerprint density at radius 1 is 1.24 bits per heavy atom. The summed E-state index contributed by atoms with van der Waals surface area (Å²) in [7, 11) is 0. The van der Waals surface area contributed by atoms with Gasteiger partial charge in [-0.25, -0.2) is 5.43 Å². The first-order chi connectivity index (χ1) is 14.2. The molecule has 0 saturated carbocycles. The zero-order valence-corrected chi connectivity index (χ0v) is 16.4. The molecule has 3 aliphatic rings. The predicted octanol–water partition coefficient (Wildman–Crippen LogP) is 1.73. The molecule has 1 fully saturated rings. The van der Waals surface area contributed by atoms with Gasteiger partial charge >= 0.3 is 0 Å². The van der Waals surface area contributed by atoms with Gasteiger partial charge in [-0.05, 0) is 35.6 Å². The summed E-state index contributed by atoms with van der Waals surface area (Å²) in [5, 5.41) is 6.65. The lowest BCUT2D eigenvalue weighted by molar-refractivity contribution is -0.138. The number of carbonyl (C=O) groups excluding carboxylic acids is 2. The molecule has 2 unspecified atom stereocenters. The van der Waals surface area contributed by atoms with E-state index in [1.165, 1.54) is 4.90 Å². The lowest BCUT2D eigenvalue weighted by Gasteiger charge is -2.31. The van der Waals surface area contributed by atoms with Crippen molar-refractivity contribution in [1.29, 1.82) is 0 Å². The van der Waals surface area contributed by atoms with Gasteiger partial charge in [-0.15, -0.1) is 11.3 Å². The third kappa shape index (κ3) is 3.54. The van der Waals surface area contributed by atoms with E-state index in [1.807, 2.05) is 46.9 Å². The molecule has 2 N–H and O–H groups in total. The lowest BCUT2D eigenvalue weighted by Crippen LogP contribution is -2.50. The van der Waals surface area contributed by atoms with Gasteiger partial charge in [0.05, 0.1) is 12.6 Å². The van der Waals surface area contributed by atoms with Crippen molar-refractivity contribution in [3.63, 3.8) is 0 Å². The van der Waals surface area contributed by atoms with E-state index in [4.69, 9.17) is 9.47 Å². The number of fused-ring (bicyclic) bond motifs is 2. The molecule has 3 aliphatic heterocycles. The maximum Gasteiger partial charge on any atom is 0.251 e. The zero-order valence-electron chi connectivity index (χ0n) is 15.5. The van der Waals surface area contributed by atoms with Crippen LogP contribution in [0.1, 0.15) is 22.9 Å². The van der Waals surface area contributed by atoms with E-state index in [0.717, 1.165) is 21.9 Å². The summed E-state index contributed by atoms with van der Waals surface area (Å²) in [6, 6.07) is 9.36. The number of nitrogens with zero attached hydrogens (tertiary/aromatic N) is 2. The summed E-state index contributed by atoms with van der Waals surface area (Å²) in [5.74, 6) is 1.19. The average molecular weight is 412 g/mol. The topological polar surface area (TPSA) is 83.1 Å². The fraction of sp³-hybridized carbons (Fsp3) is 0.300. The second-order valence-electron chi connectivity index (χ2n) is 7.07. The van der Waals surface area contributed by atoms with E-state index in [2.05, 4.69) is 10.7 Å². The molecular weight excluding hydrogens is 392 g/mol. The van der Waals surface area contributed by atoms with Crippen molar-refractivity contribution in [3.05, 3.63) is 58.6 Å². The Labute approximate surface area is 171 Å².